The zero-order chi connectivity index (χ0) is 9.97. The molecule has 0 atom stereocenters. The molecule has 0 saturated carbocycles. The lowest BCUT2D eigenvalue weighted by Crippen LogP contribution is -1.99. The first-order valence-corrected chi connectivity index (χ1v) is 5.66. The van der Waals surface area contributed by atoms with Gasteiger partial charge in [-0.25, -0.2) is 0 Å². The predicted molar refractivity (Wildman–Crippen MR) is 62.7 cm³/mol. The molecular weight excluding hydrogens is 192 g/mol. The molecule has 2 rings (SSSR count). The minimum atomic E-state index is 0.925. The van der Waals surface area contributed by atoms with Crippen LogP contribution >= 0.6 is 11.6 Å². The van der Waals surface area contributed by atoms with E-state index in [4.69, 9.17) is 11.6 Å². The van der Waals surface area contributed by atoms with E-state index in [2.05, 4.69) is 19.1 Å². The average molecular weight is 207 g/mol. The molecule has 0 aromatic heterocycles. The molecular formula is C13H15Cl. The Morgan fingerprint density at radius 1 is 1.29 bits per heavy atom. The van der Waals surface area contributed by atoms with E-state index in [-0.39, 0.29) is 0 Å². The third kappa shape index (κ3) is 1.85. The second-order valence-electron chi connectivity index (χ2n) is 3.86. The van der Waals surface area contributed by atoms with Crippen LogP contribution in [0, 0.1) is 0 Å². The Bertz CT molecular complexity index is 363. The van der Waals surface area contributed by atoms with Gasteiger partial charge in [0.1, 0.15) is 0 Å². The van der Waals surface area contributed by atoms with Crippen LogP contribution in [0.25, 0.3) is 6.08 Å². The lowest BCUT2D eigenvalue weighted by Gasteiger charge is -2.17. The van der Waals surface area contributed by atoms with Crippen molar-refractivity contribution in [3.05, 3.63) is 39.9 Å². The summed E-state index contributed by atoms with van der Waals surface area (Å²) in [7, 11) is 0. The van der Waals surface area contributed by atoms with Gasteiger partial charge >= 0.3 is 0 Å². The normalized spacial score (nSPS) is 14.9. The average Bonchev–Trinajstić information content (AvgIpc) is 2.18. The first-order valence-electron chi connectivity index (χ1n) is 5.28. The zero-order valence-corrected chi connectivity index (χ0v) is 9.27. The molecule has 0 bridgehead atoms. The van der Waals surface area contributed by atoms with E-state index in [1.165, 1.54) is 30.4 Å². The number of hydrogen-bond donors (Lipinski definition) is 0. The maximum atomic E-state index is 6.14. The van der Waals surface area contributed by atoms with Crippen molar-refractivity contribution in [2.24, 2.45) is 0 Å². The fraction of sp³-hybridized carbons (Fsp3) is 0.385. The van der Waals surface area contributed by atoms with Gasteiger partial charge < -0.3 is 0 Å². The standard InChI is InChI=1S/C13H15Cl/c1-2-4-10-7-8-12-11(9-10)5-3-6-13(12)14/h3,5-6,9H,2,4,7-8H2,1H3. The van der Waals surface area contributed by atoms with Gasteiger partial charge in [-0.3, -0.25) is 0 Å². The summed E-state index contributed by atoms with van der Waals surface area (Å²) in [6.45, 7) is 2.23. The van der Waals surface area contributed by atoms with Gasteiger partial charge in [0.05, 0.1) is 0 Å². The van der Waals surface area contributed by atoms with E-state index in [1.54, 1.807) is 5.57 Å². The van der Waals surface area contributed by atoms with Crippen LogP contribution in [0.4, 0.5) is 0 Å². The molecule has 0 nitrogen and oxygen atoms in total. The monoisotopic (exact) mass is 206 g/mol. The molecule has 0 saturated heterocycles. The van der Waals surface area contributed by atoms with Crippen LogP contribution in [0.5, 0.6) is 0 Å². The highest BCUT2D eigenvalue weighted by molar-refractivity contribution is 6.31. The second-order valence-corrected chi connectivity index (χ2v) is 4.27. The summed E-state index contributed by atoms with van der Waals surface area (Å²) in [6, 6.07) is 6.18. The van der Waals surface area contributed by atoms with Gasteiger partial charge in [-0.05, 0) is 36.5 Å². The summed E-state index contributed by atoms with van der Waals surface area (Å²) in [5.41, 5.74) is 4.23. The van der Waals surface area contributed by atoms with Crippen molar-refractivity contribution in [1.29, 1.82) is 0 Å². The molecule has 0 fully saturated rings. The smallest absolute Gasteiger partial charge is 0.0444 e. The molecule has 0 unspecified atom stereocenters. The summed E-state index contributed by atoms with van der Waals surface area (Å²) in [4.78, 5) is 0. The van der Waals surface area contributed by atoms with Gasteiger partial charge in [-0.1, -0.05) is 48.7 Å². The molecule has 0 spiro atoms. The topological polar surface area (TPSA) is 0 Å². The maximum Gasteiger partial charge on any atom is 0.0444 e. The molecule has 74 valence electrons. The first kappa shape index (κ1) is 9.79. The second kappa shape index (κ2) is 4.18. The Hall–Kier alpha value is -0.750. The Kier molecular flexibility index (Phi) is 2.93. The molecule has 1 aromatic carbocycles. The minimum Gasteiger partial charge on any atom is -0.0840 e. The molecule has 14 heavy (non-hydrogen) atoms. The van der Waals surface area contributed by atoms with Crippen molar-refractivity contribution in [2.45, 2.75) is 32.6 Å². The highest BCUT2D eigenvalue weighted by Crippen LogP contribution is 2.30. The van der Waals surface area contributed by atoms with Crippen molar-refractivity contribution in [2.75, 3.05) is 0 Å². The van der Waals surface area contributed by atoms with Crippen molar-refractivity contribution >= 4 is 17.7 Å². The van der Waals surface area contributed by atoms with Crippen LogP contribution in [0.15, 0.2) is 23.8 Å². The largest absolute Gasteiger partial charge is 0.0840 e. The van der Waals surface area contributed by atoms with Gasteiger partial charge in [-0.2, -0.15) is 0 Å². The van der Waals surface area contributed by atoms with Crippen molar-refractivity contribution in [3.63, 3.8) is 0 Å². The van der Waals surface area contributed by atoms with Crippen LogP contribution in [0.2, 0.25) is 5.02 Å². The summed E-state index contributed by atoms with van der Waals surface area (Å²) in [5.74, 6) is 0. The summed E-state index contributed by atoms with van der Waals surface area (Å²) < 4.78 is 0. The van der Waals surface area contributed by atoms with E-state index in [0.717, 1.165) is 11.4 Å². The van der Waals surface area contributed by atoms with Crippen molar-refractivity contribution < 1.29 is 0 Å². The molecule has 0 amide bonds. The lowest BCUT2D eigenvalue weighted by atomic mass is 9.90. The Labute approximate surface area is 90.6 Å². The van der Waals surface area contributed by atoms with Crippen LogP contribution in [0.1, 0.15) is 37.3 Å². The number of fused-ring (bicyclic) bond motifs is 1. The highest BCUT2D eigenvalue weighted by atomic mass is 35.5. The Morgan fingerprint density at radius 3 is 2.93 bits per heavy atom. The van der Waals surface area contributed by atoms with E-state index in [0.29, 0.717) is 0 Å². The molecule has 1 heteroatoms. The molecule has 1 aliphatic carbocycles. The van der Waals surface area contributed by atoms with Gasteiger partial charge in [0.2, 0.25) is 0 Å². The number of halogens is 1. The fourth-order valence-electron chi connectivity index (χ4n) is 2.07. The van der Waals surface area contributed by atoms with E-state index in [1.807, 2.05) is 12.1 Å². The third-order valence-corrected chi connectivity index (χ3v) is 3.14. The quantitative estimate of drug-likeness (QED) is 0.670. The molecule has 0 radical (unpaired) electrons. The van der Waals surface area contributed by atoms with Crippen LogP contribution in [-0.4, -0.2) is 0 Å². The van der Waals surface area contributed by atoms with Crippen molar-refractivity contribution in [1.82, 2.24) is 0 Å². The fourth-order valence-corrected chi connectivity index (χ4v) is 2.35. The SMILES string of the molecule is CCCC1=Cc2cccc(Cl)c2CC1. The molecule has 0 N–H and O–H groups in total. The molecule has 0 heterocycles. The number of benzene rings is 1. The van der Waals surface area contributed by atoms with Crippen LogP contribution < -0.4 is 0 Å². The zero-order valence-electron chi connectivity index (χ0n) is 8.52. The Balaban J connectivity index is 2.35. The highest BCUT2D eigenvalue weighted by Gasteiger charge is 2.11. The first-order chi connectivity index (χ1) is 6.81. The van der Waals surface area contributed by atoms with E-state index < -0.39 is 0 Å². The number of rotatable bonds is 2. The third-order valence-electron chi connectivity index (χ3n) is 2.78. The van der Waals surface area contributed by atoms with Gasteiger partial charge in [0, 0.05) is 5.02 Å². The Morgan fingerprint density at radius 2 is 2.14 bits per heavy atom. The lowest BCUT2D eigenvalue weighted by molar-refractivity contribution is 0.814. The minimum absolute atomic E-state index is 0.925. The van der Waals surface area contributed by atoms with Crippen molar-refractivity contribution in [3.8, 4) is 0 Å². The van der Waals surface area contributed by atoms with Gasteiger partial charge in [0.25, 0.3) is 0 Å². The number of allylic oxidation sites excluding steroid dienone is 1. The van der Waals surface area contributed by atoms with Gasteiger partial charge in [0.15, 0.2) is 0 Å². The van der Waals surface area contributed by atoms with Gasteiger partial charge in [-0.15, -0.1) is 0 Å². The van der Waals surface area contributed by atoms with E-state index >= 15 is 0 Å². The summed E-state index contributed by atoms with van der Waals surface area (Å²) in [6.07, 6.45) is 7.08. The van der Waals surface area contributed by atoms with E-state index in [9.17, 15) is 0 Å². The molecule has 1 aliphatic rings. The van der Waals surface area contributed by atoms with Crippen LogP contribution in [0.3, 0.4) is 0 Å². The molecule has 1 aromatic rings. The summed E-state index contributed by atoms with van der Waals surface area (Å²) >= 11 is 6.14. The summed E-state index contributed by atoms with van der Waals surface area (Å²) in [5, 5.41) is 0.925. The predicted octanol–water partition coefficient (Wildman–Crippen LogP) is 4.47. The maximum absolute atomic E-state index is 6.14. The molecule has 0 aliphatic heterocycles. The van der Waals surface area contributed by atoms with Crippen LogP contribution in [-0.2, 0) is 6.42 Å². The number of hydrogen-bond acceptors (Lipinski definition) is 0.